The van der Waals surface area contributed by atoms with Crippen molar-refractivity contribution >= 4 is 23.0 Å². The van der Waals surface area contributed by atoms with Crippen molar-refractivity contribution < 1.29 is 14.3 Å². The lowest BCUT2D eigenvalue weighted by molar-refractivity contribution is -0.137. The summed E-state index contributed by atoms with van der Waals surface area (Å²) in [6, 6.07) is 3.48. The highest BCUT2D eigenvalue weighted by Gasteiger charge is 2.14. The Balaban J connectivity index is 2.42. The van der Waals surface area contributed by atoms with Crippen LogP contribution in [0.4, 0.5) is 10.3 Å². The number of anilines is 1. The number of carboxylic acids is 1. The average molecular weight is 237 g/mol. The summed E-state index contributed by atoms with van der Waals surface area (Å²) >= 11 is 0. The van der Waals surface area contributed by atoms with Crippen LogP contribution in [-0.4, -0.2) is 26.7 Å². The predicted octanol–water partition coefficient (Wildman–Crippen LogP) is 1.60. The Kier molecular flexibility index (Phi) is 2.71. The molecule has 5 nitrogen and oxygen atoms in total. The molecule has 1 heterocycles. The van der Waals surface area contributed by atoms with Gasteiger partial charge in [-0.05, 0) is 25.1 Å². The van der Waals surface area contributed by atoms with E-state index in [1.165, 1.54) is 19.1 Å². The molecule has 0 unspecified atom stereocenters. The molecule has 2 aromatic rings. The van der Waals surface area contributed by atoms with Crippen LogP contribution >= 0.6 is 0 Å². The number of benzene rings is 1. The Hall–Kier alpha value is -2.11. The molecule has 0 radical (unpaired) electrons. The van der Waals surface area contributed by atoms with Gasteiger partial charge in [-0.25, -0.2) is 9.37 Å². The minimum atomic E-state index is -0.969. The summed E-state index contributed by atoms with van der Waals surface area (Å²) in [7, 11) is 1.70. The van der Waals surface area contributed by atoms with Gasteiger partial charge >= 0.3 is 5.97 Å². The van der Waals surface area contributed by atoms with Crippen LogP contribution in [0.15, 0.2) is 18.2 Å². The minimum absolute atomic E-state index is 0.349. The third-order valence-corrected chi connectivity index (χ3v) is 2.56. The van der Waals surface area contributed by atoms with Gasteiger partial charge in [0.25, 0.3) is 0 Å². The number of hydrogen-bond donors (Lipinski definition) is 2. The van der Waals surface area contributed by atoms with Crippen molar-refractivity contribution in [2.75, 3.05) is 5.32 Å². The Morgan fingerprint density at radius 1 is 1.59 bits per heavy atom. The Bertz CT molecular complexity index is 579. The first-order valence-corrected chi connectivity index (χ1v) is 5.10. The summed E-state index contributed by atoms with van der Waals surface area (Å²) in [5.41, 5.74) is 1.24. The third-order valence-electron chi connectivity index (χ3n) is 2.56. The zero-order chi connectivity index (χ0) is 12.6. The Morgan fingerprint density at radius 2 is 2.29 bits per heavy atom. The van der Waals surface area contributed by atoms with Crippen molar-refractivity contribution in [3.8, 4) is 0 Å². The number of rotatable bonds is 3. The molecule has 0 aliphatic heterocycles. The van der Waals surface area contributed by atoms with Crippen LogP contribution in [0.3, 0.4) is 0 Å². The van der Waals surface area contributed by atoms with E-state index in [-0.39, 0.29) is 5.82 Å². The highest BCUT2D eigenvalue weighted by molar-refractivity contribution is 5.81. The maximum absolute atomic E-state index is 13.1. The molecule has 0 saturated heterocycles. The van der Waals surface area contributed by atoms with Crippen molar-refractivity contribution in [2.24, 2.45) is 7.05 Å². The van der Waals surface area contributed by atoms with E-state index >= 15 is 0 Å². The van der Waals surface area contributed by atoms with Crippen LogP contribution in [0.5, 0.6) is 0 Å². The molecule has 1 aromatic carbocycles. The standard InChI is InChI=1S/C11H12FN3O2/c1-6(10(16)17)13-11-14-8-4-3-7(12)5-9(8)15(11)2/h3-6H,1-2H3,(H,13,14)(H,16,17)/t6-/m1/s1. The summed E-state index contributed by atoms with van der Waals surface area (Å²) in [5.74, 6) is -0.915. The first-order valence-electron chi connectivity index (χ1n) is 5.10. The number of carboxylic acid groups (broad SMARTS) is 1. The van der Waals surface area contributed by atoms with Gasteiger partial charge in [-0.3, -0.25) is 4.79 Å². The molecule has 2 rings (SSSR count). The maximum atomic E-state index is 13.1. The minimum Gasteiger partial charge on any atom is -0.480 e. The third kappa shape index (κ3) is 2.06. The second-order valence-electron chi connectivity index (χ2n) is 3.83. The van der Waals surface area contributed by atoms with Gasteiger partial charge in [0.1, 0.15) is 11.9 Å². The predicted molar refractivity (Wildman–Crippen MR) is 61.4 cm³/mol. The number of aromatic nitrogens is 2. The fourth-order valence-corrected chi connectivity index (χ4v) is 1.55. The van der Waals surface area contributed by atoms with Gasteiger partial charge in [0.15, 0.2) is 0 Å². The molecule has 0 bridgehead atoms. The highest BCUT2D eigenvalue weighted by Crippen LogP contribution is 2.19. The second kappa shape index (κ2) is 4.04. The number of nitrogens with one attached hydrogen (secondary N) is 1. The molecule has 2 N–H and O–H groups in total. The topological polar surface area (TPSA) is 67.2 Å². The second-order valence-corrected chi connectivity index (χ2v) is 3.83. The van der Waals surface area contributed by atoms with Crippen molar-refractivity contribution in [2.45, 2.75) is 13.0 Å². The van der Waals surface area contributed by atoms with Gasteiger partial charge in [-0.1, -0.05) is 0 Å². The molecule has 0 amide bonds. The number of carbonyl (C=O) groups is 1. The van der Waals surface area contributed by atoms with Crippen LogP contribution in [0.1, 0.15) is 6.92 Å². The lowest BCUT2D eigenvalue weighted by Crippen LogP contribution is -2.26. The monoisotopic (exact) mass is 237 g/mol. The van der Waals surface area contributed by atoms with Crippen molar-refractivity contribution in [3.05, 3.63) is 24.0 Å². The summed E-state index contributed by atoms with van der Waals surface area (Å²) < 4.78 is 14.7. The number of halogens is 1. The molecular formula is C11H12FN3O2. The van der Waals surface area contributed by atoms with E-state index in [1.807, 2.05) is 0 Å². The Labute approximate surface area is 96.9 Å². The number of imidazole rings is 1. The fourth-order valence-electron chi connectivity index (χ4n) is 1.55. The molecule has 0 saturated carbocycles. The van der Waals surface area contributed by atoms with Crippen molar-refractivity contribution in [3.63, 3.8) is 0 Å². The molecule has 90 valence electrons. The molecule has 0 aliphatic carbocycles. The zero-order valence-corrected chi connectivity index (χ0v) is 9.44. The number of aliphatic carboxylic acids is 1. The molecule has 6 heteroatoms. The molecular weight excluding hydrogens is 225 g/mol. The van der Waals surface area contributed by atoms with Crippen LogP contribution < -0.4 is 5.32 Å². The molecule has 0 fully saturated rings. The van der Waals surface area contributed by atoms with Gasteiger partial charge in [-0.2, -0.15) is 0 Å². The van der Waals surface area contributed by atoms with E-state index in [1.54, 1.807) is 17.7 Å². The van der Waals surface area contributed by atoms with Crippen LogP contribution in [0.2, 0.25) is 0 Å². The smallest absolute Gasteiger partial charge is 0.325 e. The van der Waals surface area contributed by atoms with E-state index < -0.39 is 12.0 Å². The van der Waals surface area contributed by atoms with Crippen LogP contribution in [-0.2, 0) is 11.8 Å². The van der Waals surface area contributed by atoms with Gasteiger partial charge in [0.05, 0.1) is 11.0 Å². The summed E-state index contributed by atoms with van der Waals surface area (Å²) in [6.45, 7) is 1.52. The summed E-state index contributed by atoms with van der Waals surface area (Å²) in [4.78, 5) is 14.9. The molecule has 1 aromatic heterocycles. The maximum Gasteiger partial charge on any atom is 0.325 e. The lowest BCUT2D eigenvalue weighted by Gasteiger charge is -2.09. The number of hydrogen-bond acceptors (Lipinski definition) is 3. The fraction of sp³-hybridized carbons (Fsp3) is 0.273. The van der Waals surface area contributed by atoms with E-state index in [0.717, 1.165) is 0 Å². The first kappa shape index (κ1) is 11.4. The van der Waals surface area contributed by atoms with E-state index in [2.05, 4.69) is 10.3 Å². The number of fused-ring (bicyclic) bond motifs is 1. The lowest BCUT2D eigenvalue weighted by atomic mass is 10.3. The van der Waals surface area contributed by atoms with Gasteiger partial charge in [0, 0.05) is 7.05 Å². The normalized spacial score (nSPS) is 12.6. The van der Waals surface area contributed by atoms with E-state index in [4.69, 9.17) is 5.11 Å². The van der Waals surface area contributed by atoms with Crippen LogP contribution in [0.25, 0.3) is 11.0 Å². The molecule has 0 spiro atoms. The van der Waals surface area contributed by atoms with Crippen molar-refractivity contribution in [1.29, 1.82) is 0 Å². The van der Waals surface area contributed by atoms with Gasteiger partial charge in [-0.15, -0.1) is 0 Å². The molecule has 1 atom stereocenters. The molecule has 17 heavy (non-hydrogen) atoms. The number of nitrogens with zero attached hydrogens (tertiary/aromatic N) is 2. The number of aryl methyl sites for hydroxylation is 1. The Morgan fingerprint density at radius 3 is 2.94 bits per heavy atom. The van der Waals surface area contributed by atoms with Gasteiger partial charge in [0.2, 0.25) is 5.95 Å². The SMILES string of the molecule is C[C@@H](Nc1nc2ccc(F)cc2n1C)C(=O)O. The average Bonchev–Trinajstić information content (AvgIpc) is 2.56. The quantitative estimate of drug-likeness (QED) is 0.850. The molecule has 0 aliphatic rings. The largest absolute Gasteiger partial charge is 0.480 e. The summed E-state index contributed by atoms with van der Waals surface area (Å²) in [6.07, 6.45) is 0. The van der Waals surface area contributed by atoms with E-state index in [9.17, 15) is 9.18 Å². The van der Waals surface area contributed by atoms with Gasteiger partial charge < -0.3 is 15.0 Å². The van der Waals surface area contributed by atoms with Crippen molar-refractivity contribution in [1.82, 2.24) is 9.55 Å². The van der Waals surface area contributed by atoms with E-state index in [0.29, 0.717) is 17.0 Å². The highest BCUT2D eigenvalue weighted by atomic mass is 19.1. The van der Waals surface area contributed by atoms with Crippen LogP contribution in [0, 0.1) is 5.82 Å². The zero-order valence-electron chi connectivity index (χ0n) is 9.44. The first-order chi connectivity index (χ1) is 7.99. The summed E-state index contributed by atoms with van der Waals surface area (Å²) in [5, 5.41) is 11.5.